The average molecular weight is 482 g/mol. The third-order valence-electron chi connectivity index (χ3n) is 9.99. The van der Waals surface area contributed by atoms with Gasteiger partial charge in [-0.15, -0.1) is 0 Å². The van der Waals surface area contributed by atoms with Crippen LogP contribution in [-0.2, 0) is 23.4 Å². The van der Waals surface area contributed by atoms with Crippen molar-refractivity contribution in [1.82, 2.24) is 14.5 Å². The summed E-state index contributed by atoms with van der Waals surface area (Å²) in [5.41, 5.74) is 8.47. The molecule has 1 aromatic heterocycles. The highest BCUT2D eigenvalue weighted by Gasteiger charge is 2.72. The Morgan fingerprint density at radius 2 is 2.03 bits per heavy atom. The van der Waals surface area contributed by atoms with Crippen LogP contribution in [0, 0.1) is 23.6 Å². The van der Waals surface area contributed by atoms with Crippen LogP contribution in [-0.4, -0.2) is 33.4 Å². The lowest BCUT2D eigenvalue weighted by Crippen LogP contribution is -2.55. The molecule has 3 aliphatic heterocycles. The van der Waals surface area contributed by atoms with Gasteiger partial charge in [-0.3, -0.25) is 0 Å². The maximum atomic E-state index is 14.0. The number of nitrogens with one attached hydrogen (secondary N) is 1. The quantitative estimate of drug-likeness (QED) is 0.560. The molecule has 9 rings (SSSR count). The zero-order valence-electron chi connectivity index (χ0n) is 20.4. The Labute approximate surface area is 209 Å². The standard InChI is InChI=1S/C29H28FN5O/c1-17-12-34(16-32-17)25-7-5-20(19-3-4-21(19)25)23-11-28(23)13-27(8-9-27)15-35-26(28)33-36-29(35)14-31-24-10-18(30)2-6-22(24)29/h2,5-7,10,12,16,23,31H,3-4,8-9,11,13-15H2,1H3. The minimum absolute atomic E-state index is 0.0531. The molecule has 3 unspecified atom stereocenters. The molecule has 182 valence electrons. The van der Waals surface area contributed by atoms with Gasteiger partial charge in [0.2, 0.25) is 0 Å². The number of piperidine rings is 1. The molecular weight excluding hydrogens is 453 g/mol. The first-order valence-electron chi connectivity index (χ1n) is 13.2. The molecule has 3 aliphatic carbocycles. The minimum Gasteiger partial charge on any atom is -0.378 e. The monoisotopic (exact) mass is 481 g/mol. The van der Waals surface area contributed by atoms with Crippen molar-refractivity contribution in [2.24, 2.45) is 16.0 Å². The third-order valence-corrected chi connectivity index (χ3v) is 9.99. The Bertz CT molecular complexity index is 1520. The Hall–Kier alpha value is -3.35. The fraction of sp³-hybridized carbons (Fsp3) is 0.448. The number of nitrogens with zero attached hydrogens (tertiary/aromatic N) is 4. The molecule has 4 heterocycles. The number of imidazole rings is 1. The van der Waals surface area contributed by atoms with Gasteiger partial charge in [0.25, 0.3) is 5.72 Å². The summed E-state index contributed by atoms with van der Waals surface area (Å²) in [6, 6.07) is 9.69. The molecule has 3 fully saturated rings. The van der Waals surface area contributed by atoms with Gasteiger partial charge in [-0.1, -0.05) is 11.2 Å². The zero-order chi connectivity index (χ0) is 23.9. The smallest absolute Gasteiger partial charge is 0.256 e. The maximum Gasteiger partial charge on any atom is 0.256 e. The van der Waals surface area contributed by atoms with Gasteiger partial charge in [0.05, 0.1) is 18.6 Å². The van der Waals surface area contributed by atoms with Crippen LogP contribution < -0.4 is 5.32 Å². The van der Waals surface area contributed by atoms with E-state index < -0.39 is 5.72 Å². The Balaban J connectivity index is 1.11. The Morgan fingerprint density at radius 3 is 2.81 bits per heavy atom. The fourth-order valence-corrected chi connectivity index (χ4v) is 7.86. The van der Waals surface area contributed by atoms with E-state index in [2.05, 4.69) is 38.1 Å². The number of hydrogen-bond donors (Lipinski definition) is 1. The van der Waals surface area contributed by atoms with Crippen LogP contribution in [0.4, 0.5) is 10.1 Å². The van der Waals surface area contributed by atoms with E-state index >= 15 is 0 Å². The number of aromatic nitrogens is 2. The SMILES string of the molecule is Cc1cn(-c2ccc(C3CC34CC3(CC3)CN3C4=NOC34CNc3cc(F)ccc34)c3c2CC3)cn1. The second-order valence-electron chi connectivity index (χ2n) is 12.1. The number of anilines is 1. The second-order valence-corrected chi connectivity index (χ2v) is 12.1. The molecule has 0 radical (unpaired) electrons. The van der Waals surface area contributed by atoms with E-state index in [1.807, 2.05) is 19.3 Å². The largest absolute Gasteiger partial charge is 0.378 e. The summed E-state index contributed by atoms with van der Waals surface area (Å²) in [5.74, 6) is 1.40. The lowest BCUT2D eigenvalue weighted by atomic mass is 9.76. The maximum absolute atomic E-state index is 14.0. The van der Waals surface area contributed by atoms with Crippen molar-refractivity contribution < 1.29 is 9.23 Å². The molecule has 3 spiro atoms. The van der Waals surface area contributed by atoms with Crippen molar-refractivity contribution in [3.63, 3.8) is 0 Å². The number of aryl methyl sites for hydroxylation is 1. The normalized spacial score (nSPS) is 31.4. The van der Waals surface area contributed by atoms with Gasteiger partial charge in [0.1, 0.15) is 5.82 Å². The predicted molar refractivity (Wildman–Crippen MR) is 134 cm³/mol. The van der Waals surface area contributed by atoms with Crippen molar-refractivity contribution in [3.8, 4) is 5.69 Å². The Kier molecular flexibility index (Phi) is 3.37. The van der Waals surface area contributed by atoms with E-state index in [0.29, 0.717) is 17.9 Å². The van der Waals surface area contributed by atoms with E-state index in [9.17, 15) is 4.39 Å². The number of benzene rings is 2. The van der Waals surface area contributed by atoms with Crippen LogP contribution in [0.1, 0.15) is 59.5 Å². The summed E-state index contributed by atoms with van der Waals surface area (Å²) in [6.07, 6.45) is 11.3. The fourth-order valence-electron chi connectivity index (χ4n) is 7.86. The highest BCUT2D eigenvalue weighted by atomic mass is 19.1. The number of rotatable bonds is 2. The van der Waals surface area contributed by atoms with Gasteiger partial charge in [-0.05, 0) is 97.7 Å². The van der Waals surface area contributed by atoms with Gasteiger partial charge in [-0.25, -0.2) is 9.37 Å². The highest BCUT2D eigenvalue weighted by Crippen LogP contribution is 2.74. The van der Waals surface area contributed by atoms with Crippen LogP contribution in [0.15, 0.2) is 48.0 Å². The lowest BCUT2D eigenvalue weighted by molar-refractivity contribution is -0.0988. The van der Waals surface area contributed by atoms with Gasteiger partial charge in [0, 0.05) is 35.1 Å². The molecule has 0 amide bonds. The summed E-state index contributed by atoms with van der Waals surface area (Å²) in [7, 11) is 0. The van der Waals surface area contributed by atoms with Gasteiger partial charge >= 0.3 is 0 Å². The van der Waals surface area contributed by atoms with Crippen LogP contribution in [0.3, 0.4) is 0 Å². The predicted octanol–water partition coefficient (Wildman–Crippen LogP) is 5.00. The van der Waals surface area contributed by atoms with Crippen molar-refractivity contribution in [3.05, 3.63) is 76.6 Å². The molecule has 3 aromatic rings. The van der Waals surface area contributed by atoms with Gasteiger partial charge < -0.3 is 19.6 Å². The number of halogens is 1. The van der Waals surface area contributed by atoms with Crippen LogP contribution >= 0.6 is 0 Å². The summed E-state index contributed by atoms with van der Waals surface area (Å²) in [4.78, 5) is 13.3. The number of hydrogen-bond acceptors (Lipinski definition) is 5. The summed E-state index contributed by atoms with van der Waals surface area (Å²) >= 11 is 0. The number of amidine groups is 1. The van der Waals surface area contributed by atoms with Crippen molar-refractivity contribution in [2.45, 2.75) is 57.1 Å². The summed E-state index contributed by atoms with van der Waals surface area (Å²) in [5, 5.41) is 8.24. The second kappa shape index (κ2) is 6.13. The van der Waals surface area contributed by atoms with Crippen molar-refractivity contribution in [1.29, 1.82) is 0 Å². The zero-order valence-corrected chi connectivity index (χ0v) is 20.4. The van der Waals surface area contributed by atoms with E-state index in [0.717, 1.165) is 48.6 Å². The number of fused-ring (bicyclic) bond motifs is 6. The topological polar surface area (TPSA) is 54.7 Å². The summed E-state index contributed by atoms with van der Waals surface area (Å²) in [6.45, 7) is 3.62. The molecule has 6 aliphatic rings. The van der Waals surface area contributed by atoms with Crippen LogP contribution in [0.25, 0.3) is 5.69 Å². The van der Waals surface area contributed by atoms with Crippen LogP contribution in [0.5, 0.6) is 0 Å². The van der Waals surface area contributed by atoms with E-state index in [1.165, 1.54) is 36.1 Å². The molecule has 1 N–H and O–H groups in total. The molecule has 2 saturated carbocycles. The lowest BCUT2D eigenvalue weighted by Gasteiger charge is -2.44. The van der Waals surface area contributed by atoms with Crippen molar-refractivity contribution >= 4 is 11.5 Å². The molecule has 2 aromatic carbocycles. The Morgan fingerprint density at radius 1 is 1.14 bits per heavy atom. The first kappa shape index (κ1) is 19.8. The van der Waals surface area contributed by atoms with Gasteiger partial charge in [-0.2, -0.15) is 0 Å². The molecule has 1 saturated heterocycles. The van der Waals surface area contributed by atoms with Gasteiger partial charge in [0.15, 0.2) is 5.84 Å². The van der Waals surface area contributed by atoms with E-state index in [1.54, 1.807) is 17.7 Å². The first-order valence-corrected chi connectivity index (χ1v) is 13.2. The third kappa shape index (κ3) is 2.33. The molecule has 36 heavy (non-hydrogen) atoms. The molecule has 7 heteroatoms. The number of oxime groups is 1. The molecule has 3 atom stereocenters. The highest BCUT2D eigenvalue weighted by molar-refractivity contribution is 5.95. The summed E-state index contributed by atoms with van der Waals surface area (Å²) < 4.78 is 16.1. The van der Waals surface area contributed by atoms with E-state index in [4.69, 9.17) is 9.99 Å². The average Bonchev–Trinajstić information content (AvgIpc) is 3.56. The minimum atomic E-state index is -0.650. The van der Waals surface area contributed by atoms with Crippen LogP contribution in [0.2, 0.25) is 0 Å². The van der Waals surface area contributed by atoms with E-state index in [-0.39, 0.29) is 11.2 Å². The molecule has 6 nitrogen and oxygen atoms in total. The van der Waals surface area contributed by atoms with Crippen molar-refractivity contribution in [2.75, 3.05) is 18.4 Å². The molecule has 0 bridgehead atoms. The first-order chi connectivity index (χ1) is 17.5. The molecular formula is C29H28FN5O.